The normalized spacial score (nSPS) is 13.0. The molecule has 1 N–H and O–H groups in total. The Morgan fingerprint density at radius 2 is 2.05 bits per heavy atom. The van der Waals surface area contributed by atoms with E-state index < -0.39 is 0 Å². The molecule has 1 aromatic heterocycles. The summed E-state index contributed by atoms with van der Waals surface area (Å²) < 4.78 is 0. The van der Waals surface area contributed by atoms with E-state index in [1.54, 1.807) is 13.2 Å². The van der Waals surface area contributed by atoms with E-state index in [0.717, 1.165) is 18.9 Å². The van der Waals surface area contributed by atoms with E-state index in [4.69, 9.17) is 0 Å². The van der Waals surface area contributed by atoms with Crippen molar-refractivity contribution in [3.05, 3.63) is 47.4 Å². The van der Waals surface area contributed by atoms with Gasteiger partial charge in [-0.05, 0) is 17.2 Å². The van der Waals surface area contributed by atoms with E-state index in [1.165, 1.54) is 23.0 Å². The van der Waals surface area contributed by atoms with Gasteiger partial charge in [-0.2, -0.15) is 0 Å². The maximum Gasteiger partial charge on any atom is 0.271 e. The highest BCUT2D eigenvalue weighted by Crippen LogP contribution is 2.32. The van der Waals surface area contributed by atoms with Gasteiger partial charge in [0, 0.05) is 39.9 Å². The fourth-order valence-electron chi connectivity index (χ4n) is 2.71. The SMILES string of the molecule is CNC(=O)c1cnc(N2Cc3cccc(N(C)C)c3C2)cn1. The number of aromatic nitrogens is 2. The van der Waals surface area contributed by atoms with Crippen molar-refractivity contribution in [3.8, 4) is 0 Å². The molecule has 3 rings (SSSR count). The molecular weight excluding hydrogens is 278 g/mol. The number of anilines is 2. The molecule has 0 radical (unpaired) electrons. The number of fused-ring (bicyclic) bond motifs is 1. The number of amides is 1. The third kappa shape index (κ3) is 2.47. The zero-order valence-corrected chi connectivity index (χ0v) is 13.0. The summed E-state index contributed by atoms with van der Waals surface area (Å²) in [5.41, 5.74) is 4.19. The van der Waals surface area contributed by atoms with Gasteiger partial charge in [0.25, 0.3) is 5.91 Å². The number of rotatable bonds is 3. The molecule has 1 aromatic carbocycles. The summed E-state index contributed by atoms with van der Waals surface area (Å²) in [6.07, 6.45) is 3.18. The van der Waals surface area contributed by atoms with Crippen LogP contribution in [0.4, 0.5) is 11.5 Å². The molecule has 0 unspecified atom stereocenters. The topological polar surface area (TPSA) is 61.4 Å². The van der Waals surface area contributed by atoms with Crippen molar-refractivity contribution in [1.82, 2.24) is 15.3 Å². The summed E-state index contributed by atoms with van der Waals surface area (Å²) >= 11 is 0. The van der Waals surface area contributed by atoms with Crippen LogP contribution in [0.2, 0.25) is 0 Å². The minimum Gasteiger partial charge on any atom is -0.377 e. The van der Waals surface area contributed by atoms with Crippen molar-refractivity contribution in [1.29, 1.82) is 0 Å². The molecule has 0 saturated carbocycles. The molecule has 1 amide bonds. The van der Waals surface area contributed by atoms with Crippen molar-refractivity contribution in [2.45, 2.75) is 13.1 Å². The fourth-order valence-corrected chi connectivity index (χ4v) is 2.71. The molecule has 6 heteroatoms. The molecule has 0 spiro atoms. The Morgan fingerprint density at radius 3 is 2.68 bits per heavy atom. The van der Waals surface area contributed by atoms with E-state index in [1.807, 2.05) is 0 Å². The molecule has 22 heavy (non-hydrogen) atoms. The maximum absolute atomic E-state index is 11.5. The van der Waals surface area contributed by atoms with Crippen LogP contribution < -0.4 is 15.1 Å². The number of benzene rings is 1. The molecule has 0 fully saturated rings. The second-order valence-corrected chi connectivity index (χ2v) is 5.50. The van der Waals surface area contributed by atoms with Crippen LogP contribution in [0.5, 0.6) is 0 Å². The van der Waals surface area contributed by atoms with Gasteiger partial charge in [0.1, 0.15) is 11.5 Å². The lowest BCUT2D eigenvalue weighted by atomic mass is 10.1. The van der Waals surface area contributed by atoms with Crippen LogP contribution in [-0.2, 0) is 13.1 Å². The number of hydrogen-bond donors (Lipinski definition) is 1. The quantitative estimate of drug-likeness (QED) is 0.928. The molecule has 114 valence electrons. The lowest BCUT2D eigenvalue weighted by Gasteiger charge is -2.18. The highest BCUT2D eigenvalue weighted by molar-refractivity contribution is 5.91. The van der Waals surface area contributed by atoms with Crippen molar-refractivity contribution in [3.63, 3.8) is 0 Å². The van der Waals surface area contributed by atoms with Crippen LogP contribution in [-0.4, -0.2) is 37.0 Å². The Hall–Kier alpha value is -2.63. The van der Waals surface area contributed by atoms with Gasteiger partial charge in [0.2, 0.25) is 0 Å². The molecule has 6 nitrogen and oxygen atoms in total. The Labute approximate surface area is 129 Å². The maximum atomic E-state index is 11.5. The average Bonchev–Trinajstić information content (AvgIpc) is 2.98. The molecule has 0 saturated heterocycles. The minimum absolute atomic E-state index is 0.223. The van der Waals surface area contributed by atoms with Crippen molar-refractivity contribution < 1.29 is 4.79 Å². The van der Waals surface area contributed by atoms with Gasteiger partial charge in [0.15, 0.2) is 0 Å². The van der Waals surface area contributed by atoms with Crippen LogP contribution in [0.25, 0.3) is 0 Å². The molecule has 2 heterocycles. The van der Waals surface area contributed by atoms with Gasteiger partial charge in [-0.3, -0.25) is 4.79 Å². The van der Waals surface area contributed by atoms with Gasteiger partial charge in [0.05, 0.1) is 12.4 Å². The minimum atomic E-state index is -0.223. The molecule has 2 aromatic rings. The number of carbonyl (C=O) groups is 1. The van der Waals surface area contributed by atoms with Gasteiger partial charge < -0.3 is 15.1 Å². The van der Waals surface area contributed by atoms with Crippen molar-refractivity contribution in [2.75, 3.05) is 30.9 Å². The molecule has 0 atom stereocenters. The van der Waals surface area contributed by atoms with Gasteiger partial charge in [-0.25, -0.2) is 9.97 Å². The second-order valence-electron chi connectivity index (χ2n) is 5.50. The first kappa shape index (κ1) is 14.3. The third-order valence-electron chi connectivity index (χ3n) is 3.86. The monoisotopic (exact) mass is 297 g/mol. The standard InChI is InChI=1S/C16H19N5O/c1-17-16(22)13-7-19-15(8-18-13)21-9-11-5-4-6-14(20(2)3)12(11)10-21/h4-8H,9-10H2,1-3H3,(H,17,22). The van der Waals surface area contributed by atoms with Crippen molar-refractivity contribution >= 4 is 17.4 Å². The number of carbonyl (C=O) groups excluding carboxylic acids is 1. The molecule has 1 aliphatic heterocycles. The zero-order chi connectivity index (χ0) is 15.7. The summed E-state index contributed by atoms with van der Waals surface area (Å²) in [4.78, 5) is 24.4. The third-order valence-corrected chi connectivity index (χ3v) is 3.86. The highest BCUT2D eigenvalue weighted by Gasteiger charge is 2.23. The van der Waals surface area contributed by atoms with E-state index in [9.17, 15) is 4.79 Å². The van der Waals surface area contributed by atoms with Crippen molar-refractivity contribution in [2.24, 2.45) is 0 Å². The Balaban J connectivity index is 1.84. The Kier molecular flexibility index (Phi) is 3.66. The predicted octanol–water partition coefficient (Wildman–Crippen LogP) is 1.42. The average molecular weight is 297 g/mol. The van der Waals surface area contributed by atoms with Crippen LogP contribution in [0.1, 0.15) is 21.6 Å². The highest BCUT2D eigenvalue weighted by atomic mass is 16.1. The number of hydrogen-bond acceptors (Lipinski definition) is 5. The van der Waals surface area contributed by atoms with Gasteiger partial charge in [-0.1, -0.05) is 12.1 Å². The van der Waals surface area contributed by atoms with Gasteiger partial charge >= 0.3 is 0 Å². The Bertz CT molecular complexity index is 696. The van der Waals surface area contributed by atoms with Crippen LogP contribution in [0.3, 0.4) is 0 Å². The summed E-state index contributed by atoms with van der Waals surface area (Å²) in [7, 11) is 5.68. The first-order chi connectivity index (χ1) is 10.6. The summed E-state index contributed by atoms with van der Waals surface area (Å²) in [5.74, 6) is 0.562. The summed E-state index contributed by atoms with van der Waals surface area (Å²) in [6.45, 7) is 1.61. The second kappa shape index (κ2) is 5.63. The molecule has 1 aliphatic rings. The van der Waals surface area contributed by atoms with E-state index >= 15 is 0 Å². The molecular formula is C16H19N5O. The van der Waals surface area contributed by atoms with E-state index in [-0.39, 0.29) is 5.91 Å². The first-order valence-corrected chi connectivity index (χ1v) is 7.17. The molecule has 0 bridgehead atoms. The number of nitrogens with one attached hydrogen (secondary N) is 1. The predicted molar refractivity (Wildman–Crippen MR) is 86.1 cm³/mol. The summed E-state index contributed by atoms with van der Waals surface area (Å²) in [5, 5.41) is 2.54. The largest absolute Gasteiger partial charge is 0.377 e. The number of nitrogens with zero attached hydrogens (tertiary/aromatic N) is 4. The smallest absolute Gasteiger partial charge is 0.271 e. The molecule has 0 aliphatic carbocycles. The van der Waals surface area contributed by atoms with Gasteiger partial charge in [-0.15, -0.1) is 0 Å². The van der Waals surface area contributed by atoms with Crippen LogP contribution >= 0.6 is 0 Å². The van der Waals surface area contributed by atoms with E-state index in [2.05, 4.69) is 57.4 Å². The summed E-state index contributed by atoms with van der Waals surface area (Å²) in [6, 6.07) is 6.36. The Morgan fingerprint density at radius 1 is 1.23 bits per heavy atom. The van der Waals surface area contributed by atoms with E-state index in [0.29, 0.717) is 5.69 Å². The van der Waals surface area contributed by atoms with Crippen LogP contribution in [0, 0.1) is 0 Å². The lowest BCUT2D eigenvalue weighted by Crippen LogP contribution is -2.21. The fraction of sp³-hybridized carbons (Fsp3) is 0.312. The first-order valence-electron chi connectivity index (χ1n) is 7.17. The zero-order valence-electron chi connectivity index (χ0n) is 13.0. The lowest BCUT2D eigenvalue weighted by molar-refractivity contribution is 0.0958. The van der Waals surface area contributed by atoms with Crippen LogP contribution in [0.15, 0.2) is 30.6 Å².